The third kappa shape index (κ3) is 4.97. The molecule has 1 aliphatic carbocycles. The molecule has 1 aliphatic rings. The lowest BCUT2D eigenvalue weighted by molar-refractivity contribution is 0.142. The van der Waals surface area contributed by atoms with Crippen LogP contribution in [0.1, 0.15) is 32.3 Å². The molecule has 138 valence electrons. The van der Waals surface area contributed by atoms with Crippen molar-refractivity contribution in [1.29, 1.82) is 0 Å². The van der Waals surface area contributed by atoms with Gasteiger partial charge in [-0.2, -0.15) is 0 Å². The van der Waals surface area contributed by atoms with Crippen LogP contribution in [-0.4, -0.2) is 30.2 Å². The summed E-state index contributed by atoms with van der Waals surface area (Å²) in [5, 5.41) is 6.03. The van der Waals surface area contributed by atoms with Gasteiger partial charge in [-0.1, -0.05) is 38.1 Å². The fourth-order valence-corrected chi connectivity index (χ4v) is 3.12. The van der Waals surface area contributed by atoms with E-state index in [-0.39, 0.29) is 17.5 Å². The minimum absolute atomic E-state index is 0.102. The Morgan fingerprint density at radius 2 is 1.96 bits per heavy atom. The number of amides is 2. The van der Waals surface area contributed by atoms with Gasteiger partial charge in [0.05, 0.1) is 6.61 Å². The van der Waals surface area contributed by atoms with Crippen LogP contribution in [0.5, 0.6) is 5.75 Å². The molecule has 0 radical (unpaired) electrons. The summed E-state index contributed by atoms with van der Waals surface area (Å²) in [6.45, 7) is 5.48. The summed E-state index contributed by atoms with van der Waals surface area (Å²) in [5.41, 5.74) is 0.958. The smallest absolute Gasteiger partial charge is 0.315 e. The monoisotopic (exact) mass is 353 g/mol. The van der Waals surface area contributed by atoms with Crippen molar-refractivity contribution in [2.75, 3.05) is 13.2 Å². The van der Waals surface area contributed by atoms with Crippen LogP contribution in [-0.2, 0) is 5.41 Å². The summed E-state index contributed by atoms with van der Waals surface area (Å²) >= 11 is 0. The van der Waals surface area contributed by atoms with E-state index in [1.54, 1.807) is 6.20 Å². The molecule has 1 aromatic carbocycles. The van der Waals surface area contributed by atoms with Gasteiger partial charge >= 0.3 is 6.03 Å². The van der Waals surface area contributed by atoms with Crippen molar-refractivity contribution >= 4 is 6.03 Å². The highest BCUT2D eigenvalue weighted by molar-refractivity contribution is 5.74. The Morgan fingerprint density at radius 1 is 1.19 bits per heavy atom. The number of urea groups is 1. The Labute approximate surface area is 155 Å². The molecule has 0 bridgehead atoms. The molecule has 0 atom stereocenters. The van der Waals surface area contributed by atoms with Crippen molar-refractivity contribution < 1.29 is 9.53 Å². The van der Waals surface area contributed by atoms with Crippen LogP contribution < -0.4 is 15.4 Å². The van der Waals surface area contributed by atoms with E-state index in [1.165, 1.54) is 0 Å². The highest BCUT2D eigenvalue weighted by Gasteiger charge is 2.31. The quantitative estimate of drug-likeness (QED) is 0.800. The van der Waals surface area contributed by atoms with Gasteiger partial charge in [0, 0.05) is 30.4 Å². The minimum Gasteiger partial charge on any atom is -0.493 e. The molecule has 1 saturated carbocycles. The second-order valence-electron chi connectivity index (χ2n) is 7.61. The maximum atomic E-state index is 12.1. The van der Waals surface area contributed by atoms with Crippen molar-refractivity contribution in [3.63, 3.8) is 0 Å². The molecule has 2 aromatic rings. The summed E-state index contributed by atoms with van der Waals surface area (Å²) < 4.78 is 5.77. The standard InChI is InChI=1S/C21H27N3O2/c1-21(2,17-7-6-10-22-13-17)15-23-20(25)24-18-11-16(12-18)14-26-19-8-4-3-5-9-19/h3-10,13,16,18H,11-12,14-15H2,1-2H3,(H2,23,24,25). The highest BCUT2D eigenvalue weighted by atomic mass is 16.5. The Kier molecular flexibility index (Phi) is 5.76. The number of nitrogens with one attached hydrogen (secondary N) is 2. The maximum absolute atomic E-state index is 12.1. The third-order valence-electron chi connectivity index (χ3n) is 4.93. The van der Waals surface area contributed by atoms with Gasteiger partial charge in [0.2, 0.25) is 0 Å². The van der Waals surface area contributed by atoms with Crippen LogP contribution in [0.3, 0.4) is 0 Å². The molecular formula is C21H27N3O2. The van der Waals surface area contributed by atoms with Crippen molar-refractivity contribution in [1.82, 2.24) is 15.6 Å². The van der Waals surface area contributed by atoms with E-state index in [0.29, 0.717) is 19.1 Å². The number of para-hydroxylation sites is 1. The van der Waals surface area contributed by atoms with Gasteiger partial charge in [-0.3, -0.25) is 4.98 Å². The topological polar surface area (TPSA) is 63.2 Å². The van der Waals surface area contributed by atoms with E-state index in [1.807, 2.05) is 48.7 Å². The zero-order valence-electron chi connectivity index (χ0n) is 15.4. The Hall–Kier alpha value is -2.56. The van der Waals surface area contributed by atoms with Crippen LogP contribution in [0.2, 0.25) is 0 Å². The van der Waals surface area contributed by atoms with Crippen LogP contribution in [0.15, 0.2) is 54.9 Å². The second-order valence-corrected chi connectivity index (χ2v) is 7.61. The second kappa shape index (κ2) is 8.21. The molecule has 0 spiro atoms. The number of ether oxygens (including phenoxy) is 1. The minimum atomic E-state index is -0.155. The van der Waals surface area contributed by atoms with Gasteiger partial charge in [-0.15, -0.1) is 0 Å². The normalized spacial score (nSPS) is 19.3. The fourth-order valence-electron chi connectivity index (χ4n) is 3.12. The first-order valence-electron chi connectivity index (χ1n) is 9.16. The van der Waals surface area contributed by atoms with E-state index in [9.17, 15) is 4.79 Å². The van der Waals surface area contributed by atoms with Crippen LogP contribution in [0.4, 0.5) is 4.79 Å². The maximum Gasteiger partial charge on any atom is 0.315 e. The van der Waals surface area contributed by atoms with Gasteiger partial charge in [0.25, 0.3) is 0 Å². The first kappa shape index (κ1) is 18.2. The van der Waals surface area contributed by atoms with Crippen molar-refractivity contribution in [2.45, 2.75) is 38.1 Å². The molecule has 2 amide bonds. The molecular weight excluding hydrogens is 326 g/mol. The van der Waals surface area contributed by atoms with E-state index in [2.05, 4.69) is 29.5 Å². The lowest BCUT2D eigenvalue weighted by Gasteiger charge is -2.36. The zero-order chi connectivity index (χ0) is 18.4. The van der Waals surface area contributed by atoms with Gasteiger partial charge in [0.1, 0.15) is 5.75 Å². The van der Waals surface area contributed by atoms with E-state index >= 15 is 0 Å². The van der Waals surface area contributed by atoms with Gasteiger partial charge < -0.3 is 15.4 Å². The number of nitrogens with zero attached hydrogens (tertiary/aromatic N) is 1. The first-order chi connectivity index (χ1) is 12.5. The zero-order valence-corrected chi connectivity index (χ0v) is 15.4. The molecule has 26 heavy (non-hydrogen) atoms. The number of aromatic nitrogens is 1. The number of pyridine rings is 1. The number of hydrogen-bond donors (Lipinski definition) is 2. The molecule has 5 heteroatoms. The summed E-state index contributed by atoms with van der Waals surface area (Å²) in [4.78, 5) is 16.3. The number of hydrogen-bond acceptors (Lipinski definition) is 3. The van der Waals surface area contributed by atoms with Gasteiger partial charge in [-0.05, 0) is 42.5 Å². The average molecular weight is 353 g/mol. The highest BCUT2D eigenvalue weighted by Crippen LogP contribution is 2.28. The van der Waals surface area contributed by atoms with Crippen molar-refractivity contribution in [2.24, 2.45) is 5.92 Å². The summed E-state index contributed by atoms with van der Waals surface area (Å²) in [7, 11) is 0. The summed E-state index contributed by atoms with van der Waals surface area (Å²) in [6.07, 6.45) is 5.54. The van der Waals surface area contributed by atoms with Crippen LogP contribution in [0, 0.1) is 5.92 Å². The SMILES string of the molecule is CC(C)(CNC(=O)NC1CC(COc2ccccc2)C1)c1cccnc1. The van der Waals surface area contributed by atoms with Crippen LogP contribution >= 0.6 is 0 Å². The van der Waals surface area contributed by atoms with Gasteiger partial charge in [-0.25, -0.2) is 4.79 Å². The lowest BCUT2D eigenvalue weighted by Crippen LogP contribution is -2.51. The lowest BCUT2D eigenvalue weighted by atomic mass is 9.81. The first-order valence-corrected chi connectivity index (χ1v) is 9.16. The number of rotatable bonds is 7. The number of carbonyl (C=O) groups excluding carboxylic acids is 1. The molecule has 0 saturated heterocycles. The summed E-state index contributed by atoms with van der Waals surface area (Å²) in [6, 6.07) is 13.9. The molecule has 0 unspecified atom stereocenters. The van der Waals surface area contributed by atoms with E-state index in [4.69, 9.17) is 4.74 Å². The van der Waals surface area contributed by atoms with Crippen molar-refractivity contribution in [3.05, 3.63) is 60.4 Å². The van der Waals surface area contributed by atoms with E-state index < -0.39 is 0 Å². The predicted molar refractivity (Wildman–Crippen MR) is 102 cm³/mol. The Bertz CT molecular complexity index is 698. The Balaban J connectivity index is 1.34. The van der Waals surface area contributed by atoms with E-state index in [0.717, 1.165) is 24.2 Å². The molecule has 3 rings (SSSR count). The molecule has 1 aromatic heterocycles. The molecule has 1 fully saturated rings. The molecule has 0 aliphatic heterocycles. The average Bonchev–Trinajstić information content (AvgIpc) is 2.63. The van der Waals surface area contributed by atoms with Crippen LogP contribution in [0.25, 0.3) is 0 Å². The predicted octanol–water partition coefficient (Wildman–Crippen LogP) is 3.52. The number of carbonyl (C=O) groups is 1. The molecule has 1 heterocycles. The Morgan fingerprint density at radius 3 is 2.65 bits per heavy atom. The van der Waals surface area contributed by atoms with Gasteiger partial charge in [0.15, 0.2) is 0 Å². The van der Waals surface area contributed by atoms with Crippen molar-refractivity contribution in [3.8, 4) is 5.75 Å². The number of benzene rings is 1. The molecule has 2 N–H and O–H groups in total. The fraction of sp³-hybridized carbons (Fsp3) is 0.429. The summed E-state index contributed by atoms with van der Waals surface area (Å²) in [5.74, 6) is 1.41. The third-order valence-corrected chi connectivity index (χ3v) is 4.93. The molecule has 5 nitrogen and oxygen atoms in total. The largest absolute Gasteiger partial charge is 0.493 e.